The van der Waals surface area contributed by atoms with Crippen molar-refractivity contribution in [1.29, 1.82) is 0 Å². The number of benzene rings is 1. The van der Waals surface area contributed by atoms with Gasteiger partial charge >= 0.3 is 0 Å². The quantitative estimate of drug-likeness (QED) is 0.801. The minimum atomic E-state index is 0.655. The van der Waals surface area contributed by atoms with Crippen LogP contribution in [0.2, 0.25) is 5.02 Å². The fourth-order valence-electron chi connectivity index (χ4n) is 2.31. The Morgan fingerprint density at radius 2 is 2.26 bits per heavy atom. The molecule has 0 aliphatic heterocycles. The summed E-state index contributed by atoms with van der Waals surface area (Å²) in [5.74, 6) is 0. The van der Waals surface area contributed by atoms with Crippen molar-refractivity contribution in [3.63, 3.8) is 0 Å². The van der Waals surface area contributed by atoms with Crippen LogP contribution in [0.5, 0.6) is 0 Å². The van der Waals surface area contributed by atoms with Gasteiger partial charge in [-0.1, -0.05) is 17.7 Å². The first-order valence-electron chi connectivity index (χ1n) is 6.12. The molecule has 0 radical (unpaired) electrons. The van der Waals surface area contributed by atoms with Crippen molar-refractivity contribution in [1.82, 2.24) is 9.55 Å². The fraction of sp³-hybridized carbons (Fsp3) is 0.214. The van der Waals surface area contributed by atoms with E-state index in [1.165, 1.54) is 15.8 Å². The van der Waals surface area contributed by atoms with Gasteiger partial charge in [-0.2, -0.15) is 0 Å². The highest BCUT2D eigenvalue weighted by molar-refractivity contribution is 7.09. The smallest absolute Gasteiger partial charge is 0.0794 e. The number of hydrogen-bond acceptors (Lipinski definition) is 3. The minimum Gasteiger partial charge on any atom is -0.342 e. The van der Waals surface area contributed by atoms with Gasteiger partial charge in [-0.3, -0.25) is 4.98 Å². The van der Waals surface area contributed by atoms with Crippen LogP contribution in [0.25, 0.3) is 10.9 Å². The van der Waals surface area contributed by atoms with E-state index in [0.29, 0.717) is 6.54 Å². The van der Waals surface area contributed by atoms with E-state index in [1.54, 1.807) is 11.3 Å². The van der Waals surface area contributed by atoms with E-state index in [-0.39, 0.29) is 0 Å². The van der Waals surface area contributed by atoms with Crippen LogP contribution in [-0.2, 0) is 13.0 Å². The van der Waals surface area contributed by atoms with Gasteiger partial charge in [0, 0.05) is 27.7 Å². The summed E-state index contributed by atoms with van der Waals surface area (Å²) in [5.41, 5.74) is 9.97. The average Bonchev–Trinajstić information content (AvgIpc) is 3.00. The Labute approximate surface area is 120 Å². The summed E-state index contributed by atoms with van der Waals surface area (Å²) in [4.78, 5) is 5.35. The van der Waals surface area contributed by atoms with Gasteiger partial charge in [0.15, 0.2) is 0 Å². The van der Waals surface area contributed by atoms with Crippen molar-refractivity contribution in [2.45, 2.75) is 13.0 Å². The van der Waals surface area contributed by atoms with Crippen LogP contribution in [0.15, 0.2) is 36.1 Å². The van der Waals surface area contributed by atoms with E-state index in [1.807, 2.05) is 23.8 Å². The van der Waals surface area contributed by atoms with Crippen molar-refractivity contribution < 1.29 is 0 Å². The summed E-state index contributed by atoms with van der Waals surface area (Å²) >= 11 is 7.77. The first-order valence-corrected chi connectivity index (χ1v) is 7.38. The molecular weight excluding hydrogens is 278 g/mol. The monoisotopic (exact) mass is 291 g/mol. The molecule has 3 nitrogen and oxygen atoms in total. The lowest BCUT2D eigenvalue weighted by atomic mass is 10.1. The van der Waals surface area contributed by atoms with E-state index in [2.05, 4.69) is 21.8 Å². The topological polar surface area (TPSA) is 43.8 Å². The number of thiazole rings is 1. The molecule has 0 saturated heterocycles. The van der Waals surface area contributed by atoms with Crippen LogP contribution in [0.3, 0.4) is 0 Å². The van der Waals surface area contributed by atoms with Gasteiger partial charge in [0.25, 0.3) is 0 Å². The van der Waals surface area contributed by atoms with Crippen LogP contribution in [0.1, 0.15) is 10.4 Å². The Kier molecular flexibility index (Phi) is 3.55. The number of rotatable bonds is 4. The highest BCUT2D eigenvalue weighted by Crippen LogP contribution is 2.26. The van der Waals surface area contributed by atoms with Crippen LogP contribution >= 0.6 is 22.9 Å². The number of fused-ring (bicyclic) bond motifs is 1. The maximum atomic E-state index is 6.11. The van der Waals surface area contributed by atoms with Crippen molar-refractivity contribution in [2.24, 2.45) is 5.73 Å². The first-order chi connectivity index (χ1) is 9.28. The molecule has 0 amide bonds. The Balaban J connectivity index is 2.09. The largest absolute Gasteiger partial charge is 0.342 e. The summed E-state index contributed by atoms with van der Waals surface area (Å²) in [6, 6.07) is 6.02. The SMILES string of the molecule is NCCc1cn(Cc2cncs2)c2cc(Cl)ccc12. The highest BCUT2D eigenvalue weighted by atomic mass is 35.5. The lowest BCUT2D eigenvalue weighted by Gasteiger charge is -2.02. The molecule has 0 saturated carbocycles. The molecular formula is C14H14ClN3S. The Bertz CT molecular complexity index is 688. The van der Waals surface area contributed by atoms with E-state index >= 15 is 0 Å². The van der Waals surface area contributed by atoms with Crippen molar-refractivity contribution in [2.75, 3.05) is 6.54 Å². The minimum absolute atomic E-state index is 0.655. The summed E-state index contributed by atoms with van der Waals surface area (Å²) in [7, 11) is 0. The van der Waals surface area contributed by atoms with Gasteiger partial charge < -0.3 is 10.3 Å². The number of halogens is 1. The number of nitrogens with zero attached hydrogens (tertiary/aromatic N) is 2. The van der Waals surface area contributed by atoms with Gasteiger partial charge in [0.2, 0.25) is 0 Å². The molecule has 0 bridgehead atoms. The molecule has 2 heterocycles. The zero-order valence-electron chi connectivity index (χ0n) is 10.3. The molecule has 0 aliphatic carbocycles. The van der Waals surface area contributed by atoms with Crippen LogP contribution in [-0.4, -0.2) is 16.1 Å². The molecule has 0 atom stereocenters. The summed E-state index contributed by atoms with van der Waals surface area (Å²) in [6.45, 7) is 1.48. The zero-order chi connectivity index (χ0) is 13.2. The Hall–Kier alpha value is -1.36. The Morgan fingerprint density at radius 1 is 1.37 bits per heavy atom. The third-order valence-electron chi connectivity index (χ3n) is 3.15. The van der Waals surface area contributed by atoms with Crippen LogP contribution in [0, 0.1) is 0 Å². The molecule has 19 heavy (non-hydrogen) atoms. The number of aromatic nitrogens is 2. The summed E-state index contributed by atoms with van der Waals surface area (Å²) in [5, 5.41) is 2.00. The Morgan fingerprint density at radius 3 is 3.00 bits per heavy atom. The fourth-order valence-corrected chi connectivity index (χ4v) is 3.07. The van der Waals surface area contributed by atoms with Crippen LogP contribution in [0.4, 0.5) is 0 Å². The molecule has 0 spiro atoms. The molecule has 2 aromatic heterocycles. The molecule has 2 N–H and O–H groups in total. The lowest BCUT2D eigenvalue weighted by molar-refractivity contribution is 0.838. The van der Waals surface area contributed by atoms with E-state index in [4.69, 9.17) is 17.3 Å². The summed E-state index contributed by atoms with van der Waals surface area (Å²) in [6.07, 6.45) is 4.96. The van der Waals surface area contributed by atoms with Gasteiger partial charge in [0.1, 0.15) is 0 Å². The summed E-state index contributed by atoms with van der Waals surface area (Å²) < 4.78 is 2.22. The van der Waals surface area contributed by atoms with Gasteiger partial charge in [0.05, 0.1) is 17.6 Å². The second-order valence-corrected chi connectivity index (χ2v) is 5.86. The van der Waals surface area contributed by atoms with Crippen LogP contribution < -0.4 is 5.73 Å². The maximum absolute atomic E-state index is 6.11. The molecule has 98 valence electrons. The van der Waals surface area contributed by atoms with Gasteiger partial charge in [-0.25, -0.2) is 0 Å². The molecule has 0 fully saturated rings. The third-order valence-corrected chi connectivity index (χ3v) is 4.15. The third kappa shape index (κ3) is 2.52. The van der Waals surface area contributed by atoms with Crippen molar-refractivity contribution >= 4 is 33.8 Å². The number of hydrogen-bond donors (Lipinski definition) is 1. The molecule has 1 aromatic carbocycles. The van der Waals surface area contributed by atoms with E-state index in [0.717, 1.165) is 23.5 Å². The van der Waals surface area contributed by atoms with E-state index < -0.39 is 0 Å². The standard InChI is InChI=1S/C14H14ClN3S/c15-11-1-2-13-10(3-4-16)7-18(14(13)5-11)8-12-6-17-9-19-12/h1-2,5-7,9H,3-4,8,16H2. The zero-order valence-corrected chi connectivity index (χ0v) is 11.9. The first kappa shape index (κ1) is 12.7. The van der Waals surface area contributed by atoms with Crippen molar-refractivity contribution in [3.05, 3.63) is 51.6 Å². The number of nitrogens with two attached hydrogens (primary N) is 1. The molecule has 0 aliphatic rings. The predicted molar refractivity (Wildman–Crippen MR) is 80.9 cm³/mol. The molecule has 0 unspecified atom stereocenters. The second-order valence-electron chi connectivity index (χ2n) is 4.45. The van der Waals surface area contributed by atoms with Crippen molar-refractivity contribution in [3.8, 4) is 0 Å². The maximum Gasteiger partial charge on any atom is 0.0794 e. The highest BCUT2D eigenvalue weighted by Gasteiger charge is 2.09. The normalized spacial score (nSPS) is 11.3. The molecule has 3 rings (SSSR count). The average molecular weight is 292 g/mol. The predicted octanol–water partition coefficient (Wildman–Crippen LogP) is 3.30. The van der Waals surface area contributed by atoms with Gasteiger partial charge in [-0.15, -0.1) is 11.3 Å². The van der Waals surface area contributed by atoms with E-state index in [9.17, 15) is 0 Å². The molecule has 5 heteroatoms. The lowest BCUT2D eigenvalue weighted by Crippen LogP contribution is -2.02. The van der Waals surface area contributed by atoms with Gasteiger partial charge in [-0.05, 0) is 30.7 Å². The molecule has 3 aromatic rings. The second kappa shape index (κ2) is 5.33.